The van der Waals surface area contributed by atoms with Crippen LogP contribution in [-0.2, 0) is 16.0 Å². The molecular formula is C16H20ClNO3. The molecular weight excluding hydrogens is 290 g/mol. The molecule has 1 aromatic rings. The van der Waals surface area contributed by atoms with E-state index in [9.17, 15) is 14.7 Å². The van der Waals surface area contributed by atoms with Gasteiger partial charge >= 0.3 is 5.97 Å². The minimum atomic E-state index is -0.857. The maximum atomic E-state index is 12.2. The minimum Gasteiger partial charge on any atom is -0.481 e. The number of carboxylic acid groups (broad SMARTS) is 1. The van der Waals surface area contributed by atoms with Crippen LogP contribution in [0.25, 0.3) is 0 Å². The molecule has 21 heavy (non-hydrogen) atoms. The predicted molar refractivity (Wildman–Crippen MR) is 81.2 cm³/mol. The van der Waals surface area contributed by atoms with E-state index in [0.717, 1.165) is 18.4 Å². The van der Waals surface area contributed by atoms with Crippen molar-refractivity contribution in [2.45, 2.75) is 32.1 Å². The summed E-state index contributed by atoms with van der Waals surface area (Å²) in [7, 11) is 0. The molecule has 1 aromatic carbocycles. The van der Waals surface area contributed by atoms with E-state index in [1.165, 1.54) is 0 Å². The fourth-order valence-corrected chi connectivity index (χ4v) is 3.11. The Kier molecular flexibility index (Phi) is 5.62. The number of hydrogen-bond acceptors (Lipinski definition) is 2. The van der Waals surface area contributed by atoms with Gasteiger partial charge in [0.05, 0.1) is 11.8 Å². The van der Waals surface area contributed by atoms with Crippen LogP contribution in [0.3, 0.4) is 0 Å². The SMILES string of the molecule is O=C(O)[C@@H]1CCCC[C@H]1C(=O)NCCc1cccc(Cl)c1. The van der Waals surface area contributed by atoms with E-state index >= 15 is 0 Å². The molecule has 1 amide bonds. The number of hydrogen-bond donors (Lipinski definition) is 2. The lowest BCUT2D eigenvalue weighted by Gasteiger charge is -2.27. The summed E-state index contributed by atoms with van der Waals surface area (Å²) in [5.74, 6) is -1.92. The first kappa shape index (κ1) is 15.8. The Bertz CT molecular complexity index is 518. The Morgan fingerprint density at radius 1 is 1.24 bits per heavy atom. The van der Waals surface area contributed by atoms with E-state index in [2.05, 4.69) is 5.32 Å². The van der Waals surface area contributed by atoms with Crippen LogP contribution in [-0.4, -0.2) is 23.5 Å². The molecule has 0 radical (unpaired) electrons. The molecule has 0 aromatic heterocycles. The molecule has 0 bridgehead atoms. The van der Waals surface area contributed by atoms with Crippen LogP contribution in [0.2, 0.25) is 5.02 Å². The highest BCUT2D eigenvalue weighted by atomic mass is 35.5. The molecule has 2 atom stereocenters. The van der Waals surface area contributed by atoms with E-state index in [1.54, 1.807) is 0 Å². The summed E-state index contributed by atoms with van der Waals surface area (Å²) in [6.07, 6.45) is 3.78. The highest BCUT2D eigenvalue weighted by Crippen LogP contribution is 2.30. The zero-order valence-electron chi connectivity index (χ0n) is 11.8. The van der Waals surface area contributed by atoms with Gasteiger partial charge in [-0.2, -0.15) is 0 Å². The molecule has 0 saturated heterocycles. The normalized spacial score (nSPS) is 21.8. The highest BCUT2D eigenvalue weighted by Gasteiger charge is 2.35. The lowest BCUT2D eigenvalue weighted by atomic mass is 9.78. The number of rotatable bonds is 5. The zero-order chi connectivity index (χ0) is 15.2. The van der Waals surface area contributed by atoms with Gasteiger partial charge in [-0.15, -0.1) is 0 Å². The zero-order valence-corrected chi connectivity index (χ0v) is 12.6. The maximum Gasteiger partial charge on any atom is 0.307 e. The Morgan fingerprint density at radius 3 is 2.62 bits per heavy atom. The van der Waals surface area contributed by atoms with E-state index < -0.39 is 17.8 Å². The molecule has 1 aliphatic carbocycles. The fourth-order valence-electron chi connectivity index (χ4n) is 2.89. The van der Waals surface area contributed by atoms with E-state index in [1.807, 2.05) is 24.3 Å². The first-order chi connectivity index (χ1) is 10.1. The Hall–Kier alpha value is -1.55. The Balaban J connectivity index is 1.84. The van der Waals surface area contributed by atoms with Gasteiger partial charge in [0.1, 0.15) is 0 Å². The van der Waals surface area contributed by atoms with Crippen LogP contribution >= 0.6 is 11.6 Å². The molecule has 114 valence electrons. The highest BCUT2D eigenvalue weighted by molar-refractivity contribution is 6.30. The second-order valence-electron chi connectivity index (χ2n) is 5.51. The van der Waals surface area contributed by atoms with Crippen LogP contribution < -0.4 is 5.32 Å². The van der Waals surface area contributed by atoms with Crippen LogP contribution in [0, 0.1) is 11.8 Å². The molecule has 0 spiro atoms. The van der Waals surface area contributed by atoms with Crippen molar-refractivity contribution < 1.29 is 14.7 Å². The fraction of sp³-hybridized carbons (Fsp3) is 0.500. The second-order valence-corrected chi connectivity index (χ2v) is 5.94. The van der Waals surface area contributed by atoms with Gasteiger partial charge < -0.3 is 10.4 Å². The number of nitrogens with one attached hydrogen (secondary N) is 1. The topological polar surface area (TPSA) is 66.4 Å². The largest absolute Gasteiger partial charge is 0.481 e. The maximum absolute atomic E-state index is 12.2. The summed E-state index contributed by atoms with van der Waals surface area (Å²) in [4.78, 5) is 23.4. The lowest BCUT2D eigenvalue weighted by Crippen LogP contribution is -2.40. The molecule has 0 heterocycles. The average molecular weight is 310 g/mol. The van der Waals surface area contributed by atoms with Crippen molar-refractivity contribution in [3.8, 4) is 0 Å². The Morgan fingerprint density at radius 2 is 1.95 bits per heavy atom. The van der Waals surface area contributed by atoms with Gasteiger partial charge in [0, 0.05) is 11.6 Å². The number of carboxylic acids is 1. The summed E-state index contributed by atoms with van der Waals surface area (Å²) in [5, 5.41) is 12.7. The molecule has 1 aliphatic rings. The number of amides is 1. The van der Waals surface area contributed by atoms with Gasteiger partial charge in [-0.3, -0.25) is 9.59 Å². The van der Waals surface area contributed by atoms with Crippen LogP contribution in [0.1, 0.15) is 31.2 Å². The van der Waals surface area contributed by atoms with Crippen molar-refractivity contribution in [1.29, 1.82) is 0 Å². The van der Waals surface area contributed by atoms with Crippen molar-refractivity contribution in [3.63, 3.8) is 0 Å². The van der Waals surface area contributed by atoms with Crippen molar-refractivity contribution in [2.75, 3.05) is 6.54 Å². The van der Waals surface area contributed by atoms with Crippen LogP contribution in [0.15, 0.2) is 24.3 Å². The summed E-state index contributed by atoms with van der Waals surface area (Å²) in [6, 6.07) is 7.51. The summed E-state index contributed by atoms with van der Waals surface area (Å²) >= 11 is 5.91. The smallest absolute Gasteiger partial charge is 0.307 e. The molecule has 0 unspecified atom stereocenters. The first-order valence-corrected chi connectivity index (χ1v) is 7.70. The number of carbonyl (C=O) groups excluding carboxylic acids is 1. The van der Waals surface area contributed by atoms with Gasteiger partial charge in [0.2, 0.25) is 5.91 Å². The van der Waals surface area contributed by atoms with Gasteiger partial charge in [-0.25, -0.2) is 0 Å². The van der Waals surface area contributed by atoms with Crippen molar-refractivity contribution in [2.24, 2.45) is 11.8 Å². The minimum absolute atomic E-state index is 0.135. The standard InChI is InChI=1S/C16H20ClNO3/c17-12-5-3-4-11(10-12)8-9-18-15(19)13-6-1-2-7-14(13)16(20)21/h3-5,10,13-14H,1-2,6-9H2,(H,18,19)(H,20,21)/t13-,14-/m1/s1. The van der Waals surface area contributed by atoms with Gasteiger partial charge in [0.25, 0.3) is 0 Å². The van der Waals surface area contributed by atoms with Crippen molar-refractivity contribution in [3.05, 3.63) is 34.9 Å². The van der Waals surface area contributed by atoms with Crippen molar-refractivity contribution >= 4 is 23.5 Å². The molecule has 2 rings (SSSR count). The molecule has 2 N–H and O–H groups in total. The predicted octanol–water partition coefficient (Wildman–Crippen LogP) is 2.89. The number of carbonyl (C=O) groups is 2. The molecule has 1 saturated carbocycles. The number of benzene rings is 1. The summed E-state index contributed by atoms with van der Waals surface area (Å²) < 4.78 is 0. The molecule has 0 aliphatic heterocycles. The van der Waals surface area contributed by atoms with Gasteiger partial charge in [-0.1, -0.05) is 36.6 Å². The first-order valence-electron chi connectivity index (χ1n) is 7.33. The lowest BCUT2D eigenvalue weighted by molar-refractivity contribution is -0.148. The quantitative estimate of drug-likeness (QED) is 0.879. The third kappa shape index (κ3) is 4.46. The molecule has 5 heteroatoms. The van der Waals surface area contributed by atoms with E-state index in [0.29, 0.717) is 30.8 Å². The van der Waals surface area contributed by atoms with Gasteiger partial charge in [-0.05, 0) is 37.0 Å². The third-order valence-electron chi connectivity index (χ3n) is 4.02. The van der Waals surface area contributed by atoms with Crippen LogP contribution in [0.4, 0.5) is 0 Å². The second kappa shape index (κ2) is 7.46. The summed E-state index contributed by atoms with van der Waals surface area (Å²) in [6.45, 7) is 0.502. The number of aliphatic carboxylic acids is 1. The monoisotopic (exact) mass is 309 g/mol. The third-order valence-corrected chi connectivity index (χ3v) is 4.26. The molecule has 4 nitrogen and oxygen atoms in total. The van der Waals surface area contributed by atoms with Crippen molar-refractivity contribution in [1.82, 2.24) is 5.32 Å². The average Bonchev–Trinajstić information content (AvgIpc) is 2.47. The van der Waals surface area contributed by atoms with Crippen LogP contribution in [0.5, 0.6) is 0 Å². The van der Waals surface area contributed by atoms with E-state index in [-0.39, 0.29) is 5.91 Å². The summed E-state index contributed by atoms with van der Waals surface area (Å²) in [5.41, 5.74) is 1.06. The molecule has 1 fully saturated rings. The van der Waals surface area contributed by atoms with Gasteiger partial charge in [0.15, 0.2) is 0 Å². The Labute approximate surface area is 129 Å². The van der Waals surface area contributed by atoms with E-state index in [4.69, 9.17) is 11.6 Å². The number of halogens is 1.